The van der Waals surface area contributed by atoms with Crippen molar-refractivity contribution >= 4 is 13.7 Å². The molecule has 0 radical (unpaired) electrons. The Morgan fingerprint density at radius 1 is 1.31 bits per heavy atom. The molecule has 0 saturated heterocycles. The normalized spacial score (nSPS) is 20.6. The molecule has 1 aromatic heterocycles. The topological polar surface area (TPSA) is 149 Å². The largest absolute Gasteiger partial charge is 0.460 e. The van der Waals surface area contributed by atoms with E-state index in [9.17, 15) is 23.8 Å². The second-order valence-corrected chi connectivity index (χ2v) is 8.75. The molecule has 2 heterocycles. The molecule has 172 valence electrons. The maximum atomic E-state index is 12.3. The third-order valence-corrected chi connectivity index (χ3v) is 5.79. The Labute approximate surface area is 183 Å². The Balaban J connectivity index is 1.48. The lowest BCUT2D eigenvalue weighted by Crippen LogP contribution is -2.35. The number of rotatable bonds is 9. The van der Waals surface area contributed by atoms with Gasteiger partial charge in [0.15, 0.2) is 6.23 Å². The van der Waals surface area contributed by atoms with Gasteiger partial charge in [-0.05, 0) is 25.5 Å². The summed E-state index contributed by atoms with van der Waals surface area (Å²) in [5, 5.41) is 2.22. The van der Waals surface area contributed by atoms with Crippen LogP contribution in [0.5, 0.6) is 0 Å². The fraction of sp³-hybridized carbons (Fsp3) is 0.350. The van der Waals surface area contributed by atoms with E-state index in [1.54, 1.807) is 43.3 Å². The predicted octanol–water partition coefficient (Wildman–Crippen LogP) is 1.14. The molecular weight excluding hydrogens is 441 g/mol. The van der Waals surface area contributed by atoms with E-state index in [2.05, 4.69) is 10.1 Å². The molecule has 0 saturated carbocycles. The van der Waals surface area contributed by atoms with Crippen LogP contribution in [-0.2, 0) is 30.0 Å². The zero-order valence-corrected chi connectivity index (χ0v) is 18.4. The molecule has 0 spiro atoms. The van der Waals surface area contributed by atoms with Crippen LogP contribution in [0.15, 0.2) is 58.3 Å². The Hall–Kier alpha value is -2.82. The van der Waals surface area contributed by atoms with Gasteiger partial charge in [-0.3, -0.25) is 23.7 Å². The number of aromatic amines is 1. The first-order valence-corrected chi connectivity index (χ1v) is 11.3. The lowest BCUT2D eigenvalue weighted by molar-refractivity contribution is -0.146. The van der Waals surface area contributed by atoms with Crippen LogP contribution < -0.4 is 16.3 Å². The number of nitrogens with one attached hydrogen (secondary N) is 2. The van der Waals surface area contributed by atoms with E-state index in [-0.39, 0.29) is 13.2 Å². The molecule has 1 aromatic carbocycles. The lowest BCUT2D eigenvalue weighted by atomic mass is 10.2. The van der Waals surface area contributed by atoms with Gasteiger partial charge in [-0.2, -0.15) is 0 Å². The van der Waals surface area contributed by atoms with E-state index in [1.165, 1.54) is 17.7 Å². The first-order valence-electron chi connectivity index (χ1n) is 9.76. The van der Waals surface area contributed by atoms with Gasteiger partial charge in [-0.1, -0.05) is 36.4 Å². The number of H-pyrrole nitrogens is 1. The van der Waals surface area contributed by atoms with Crippen LogP contribution in [0.1, 0.15) is 24.3 Å². The van der Waals surface area contributed by atoms with E-state index in [0.29, 0.717) is 5.56 Å². The molecule has 0 bridgehead atoms. The molecule has 2 aromatic rings. The van der Waals surface area contributed by atoms with E-state index >= 15 is 0 Å². The molecule has 12 heteroatoms. The van der Waals surface area contributed by atoms with Crippen LogP contribution in [0, 0.1) is 6.92 Å². The van der Waals surface area contributed by atoms with Gasteiger partial charge in [0, 0.05) is 11.8 Å². The van der Waals surface area contributed by atoms with Crippen molar-refractivity contribution in [3.63, 3.8) is 0 Å². The molecular formula is C20H24N3O8P. The number of carbonyl (C=O) groups is 1. The maximum absolute atomic E-state index is 12.3. The third kappa shape index (κ3) is 6.35. The van der Waals surface area contributed by atoms with Crippen molar-refractivity contribution in [2.45, 2.75) is 38.8 Å². The minimum atomic E-state index is -4.35. The molecule has 0 aliphatic carbocycles. The van der Waals surface area contributed by atoms with Crippen molar-refractivity contribution in [2.24, 2.45) is 0 Å². The standard InChI is InChI=1S/C20H24N3O8P/c1-13-10-23(20(26)21-18(13)24)17-9-8-16(31-17)12-30-32(27,28)22-14(2)19(25)29-11-15-6-4-3-5-7-15/h3-10,14,16-17H,11-12H2,1-2H3,(H,21,24,26)(H2,22,27,28)/t14-,16-,17+/m0/s1. The van der Waals surface area contributed by atoms with Crippen LogP contribution in [-0.4, -0.2) is 39.2 Å². The quantitative estimate of drug-likeness (QED) is 0.281. The Morgan fingerprint density at radius 2 is 2.03 bits per heavy atom. The van der Waals surface area contributed by atoms with Crippen LogP contribution in [0.3, 0.4) is 0 Å². The SMILES string of the molecule is Cc1cn([C@H]2C=C[C@@H](COP(=O)(O)N[C@@H](C)C(=O)OCc3ccccc3)O2)c(=O)[nH]c1=O. The van der Waals surface area contributed by atoms with Crippen molar-refractivity contribution in [2.75, 3.05) is 6.61 Å². The van der Waals surface area contributed by atoms with Crippen LogP contribution in [0.25, 0.3) is 0 Å². The summed E-state index contributed by atoms with van der Waals surface area (Å²) in [4.78, 5) is 47.7. The van der Waals surface area contributed by atoms with Gasteiger partial charge >= 0.3 is 19.4 Å². The second kappa shape index (κ2) is 10.2. The lowest BCUT2D eigenvalue weighted by Gasteiger charge is -2.20. The van der Waals surface area contributed by atoms with Crippen molar-refractivity contribution in [3.8, 4) is 0 Å². The molecule has 1 aliphatic rings. The summed E-state index contributed by atoms with van der Waals surface area (Å²) in [7, 11) is -4.35. The zero-order valence-electron chi connectivity index (χ0n) is 17.5. The Kier molecular flexibility index (Phi) is 7.60. The van der Waals surface area contributed by atoms with E-state index in [1.807, 2.05) is 6.07 Å². The van der Waals surface area contributed by atoms with Gasteiger partial charge in [0.25, 0.3) is 5.56 Å². The highest BCUT2D eigenvalue weighted by atomic mass is 31.2. The van der Waals surface area contributed by atoms with Crippen LogP contribution >= 0.6 is 7.75 Å². The average Bonchev–Trinajstić information content (AvgIpc) is 3.22. The Bertz CT molecular complexity index is 1140. The number of hydrogen-bond donors (Lipinski definition) is 3. The smallest absolute Gasteiger partial charge is 0.403 e. The van der Waals surface area contributed by atoms with Crippen LogP contribution in [0.4, 0.5) is 0 Å². The van der Waals surface area contributed by atoms with Crippen LogP contribution in [0.2, 0.25) is 0 Å². The number of ether oxygens (including phenoxy) is 2. The summed E-state index contributed by atoms with van der Waals surface area (Å²) in [5.74, 6) is -0.711. The van der Waals surface area contributed by atoms with Gasteiger partial charge < -0.3 is 14.4 Å². The van der Waals surface area contributed by atoms with E-state index in [4.69, 9.17) is 14.0 Å². The van der Waals surface area contributed by atoms with Gasteiger partial charge in [0.1, 0.15) is 18.8 Å². The highest BCUT2D eigenvalue weighted by molar-refractivity contribution is 7.50. The first-order chi connectivity index (χ1) is 15.1. The summed E-state index contributed by atoms with van der Waals surface area (Å²) in [5.41, 5.74) is -0.0162. The molecule has 3 N–H and O–H groups in total. The minimum Gasteiger partial charge on any atom is -0.460 e. The third-order valence-electron chi connectivity index (χ3n) is 4.57. The summed E-state index contributed by atoms with van der Waals surface area (Å²) in [6.45, 7) is 2.66. The first kappa shape index (κ1) is 23.8. The van der Waals surface area contributed by atoms with Crippen molar-refractivity contribution < 1.29 is 28.3 Å². The number of benzene rings is 1. The van der Waals surface area contributed by atoms with Crippen molar-refractivity contribution in [3.05, 3.63) is 80.6 Å². The fourth-order valence-corrected chi connectivity index (χ4v) is 3.90. The highest BCUT2D eigenvalue weighted by Gasteiger charge is 2.30. The number of carbonyl (C=O) groups excluding carboxylic acids is 1. The predicted molar refractivity (Wildman–Crippen MR) is 114 cm³/mol. The molecule has 0 amide bonds. The monoisotopic (exact) mass is 465 g/mol. The van der Waals surface area contributed by atoms with Gasteiger partial charge in [-0.15, -0.1) is 0 Å². The fourth-order valence-electron chi connectivity index (χ4n) is 2.88. The molecule has 32 heavy (non-hydrogen) atoms. The number of aromatic nitrogens is 2. The minimum absolute atomic E-state index is 0.0357. The average molecular weight is 465 g/mol. The molecule has 3 rings (SSSR count). The van der Waals surface area contributed by atoms with Crippen molar-refractivity contribution in [1.82, 2.24) is 14.6 Å². The molecule has 1 aliphatic heterocycles. The maximum Gasteiger partial charge on any atom is 0.403 e. The summed E-state index contributed by atoms with van der Waals surface area (Å²) in [6, 6.07) is 7.93. The Morgan fingerprint density at radius 3 is 2.75 bits per heavy atom. The van der Waals surface area contributed by atoms with Crippen molar-refractivity contribution in [1.29, 1.82) is 0 Å². The van der Waals surface area contributed by atoms with Gasteiger partial charge in [0.05, 0.1) is 6.61 Å². The number of aryl methyl sites for hydroxylation is 1. The van der Waals surface area contributed by atoms with E-state index in [0.717, 1.165) is 5.56 Å². The summed E-state index contributed by atoms with van der Waals surface area (Å²) in [6.07, 6.45) is 2.97. The van der Waals surface area contributed by atoms with Gasteiger partial charge in [0.2, 0.25) is 0 Å². The molecule has 0 fully saturated rings. The molecule has 4 atom stereocenters. The summed E-state index contributed by atoms with van der Waals surface area (Å²) < 4.78 is 29.2. The molecule has 1 unspecified atom stereocenters. The van der Waals surface area contributed by atoms with Gasteiger partial charge in [-0.25, -0.2) is 14.4 Å². The number of nitrogens with zero attached hydrogens (tertiary/aromatic N) is 1. The highest BCUT2D eigenvalue weighted by Crippen LogP contribution is 2.38. The number of hydrogen-bond acceptors (Lipinski definition) is 7. The molecule has 11 nitrogen and oxygen atoms in total. The zero-order chi connectivity index (χ0) is 23.3. The number of esters is 1. The summed E-state index contributed by atoms with van der Waals surface area (Å²) >= 11 is 0. The van der Waals surface area contributed by atoms with E-state index < -0.39 is 43.3 Å². The second-order valence-electron chi connectivity index (χ2n) is 7.19.